The molecule has 1 atom stereocenters. The van der Waals surface area contributed by atoms with Gasteiger partial charge in [-0.05, 0) is 35.8 Å². The number of nitrogens with one attached hydrogen (secondary N) is 1. The van der Waals surface area contributed by atoms with Gasteiger partial charge < -0.3 is 5.32 Å². The summed E-state index contributed by atoms with van der Waals surface area (Å²) in [5, 5.41) is 3.64. The van der Waals surface area contributed by atoms with Crippen molar-refractivity contribution >= 4 is 29.1 Å². The second-order valence-corrected chi connectivity index (χ2v) is 6.70. The minimum absolute atomic E-state index is 0.177. The molecule has 0 bridgehead atoms. The summed E-state index contributed by atoms with van der Waals surface area (Å²) in [6, 6.07) is 5.22. The van der Waals surface area contributed by atoms with Crippen LogP contribution in [0.4, 0.5) is 10.1 Å². The fourth-order valence-electron chi connectivity index (χ4n) is 1.96. The van der Waals surface area contributed by atoms with Crippen molar-refractivity contribution in [2.75, 3.05) is 16.8 Å². The van der Waals surface area contributed by atoms with Crippen molar-refractivity contribution in [3.8, 4) is 0 Å². The molecule has 2 rings (SSSR count). The molecule has 0 aromatic heterocycles. The zero-order valence-corrected chi connectivity index (χ0v) is 11.7. The topological polar surface area (TPSA) is 12.0 Å². The number of anilines is 1. The van der Waals surface area contributed by atoms with Gasteiger partial charge >= 0.3 is 0 Å². The van der Waals surface area contributed by atoms with Crippen LogP contribution in [0.15, 0.2) is 18.2 Å². The second kappa shape index (κ2) is 5.07. The minimum Gasteiger partial charge on any atom is -0.381 e. The SMILES string of the molecule is CC1(C)CCSCC1Nc1ccc(F)c(Cl)c1. The Morgan fingerprint density at radius 1 is 1.47 bits per heavy atom. The standard InChI is InChI=1S/C13H17ClFNS/c1-13(2)5-6-17-8-12(13)16-9-3-4-11(15)10(14)7-9/h3-4,7,12,16H,5-6,8H2,1-2H3. The molecule has 1 aromatic rings. The normalized spacial score (nSPS) is 23.4. The zero-order chi connectivity index (χ0) is 12.5. The molecule has 0 spiro atoms. The summed E-state index contributed by atoms with van der Waals surface area (Å²) in [4.78, 5) is 0. The monoisotopic (exact) mass is 273 g/mol. The van der Waals surface area contributed by atoms with Crippen LogP contribution in [0.5, 0.6) is 0 Å². The number of thioether (sulfide) groups is 1. The van der Waals surface area contributed by atoms with Gasteiger partial charge in [0.15, 0.2) is 0 Å². The Hall–Kier alpha value is -0.410. The van der Waals surface area contributed by atoms with Gasteiger partial charge in [-0.2, -0.15) is 11.8 Å². The van der Waals surface area contributed by atoms with E-state index in [9.17, 15) is 4.39 Å². The number of benzene rings is 1. The van der Waals surface area contributed by atoms with Crippen molar-refractivity contribution < 1.29 is 4.39 Å². The molecular formula is C13H17ClFNS. The summed E-state index contributed by atoms with van der Waals surface area (Å²) in [6.07, 6.45) is 1.20. The predicted molar refractivity (Wildman–Crippen MR) is 74.5 cm³/mol. The lowest BCUT2D eigenvalue weighted by Crippen LogP contribution is -2.41. The lowest BCUT2D eigenvalue weighted by molar-refractivity contribution is 0.305. The van der Waals surface area contributed by atoms with E-state index in [0.717, 1.165) is 11.4 Å². The Bertz CT molecular complexity index is 408. The van der Waals surface area contributed by atoms with Gasteiger partial charge in [0.1, 0.15) is 5.82 Å². The highest BCUT2D eigenvalue weighted by molar-refractivity contribution is 7.99. The van der Waals surface area contributed by atoms with Gasteiger partial charge in [0.2, 0.25) is 0 Å². The van der Waals surface area contributed by atoms with E-state index in [0.29, 0.717) is 6.04 Å². The van der Waals surface area contributed by atoms with Crippen LogP contribution in [0, 0.1) is 11.2 Å². The summed E-state index contributed by atoms with van der Waals surface area (Å²) in [7, 11) is 0. The third-order valence-corrected chi connectivity index (χ3v) is 4.73. The number of hydrogen-bond acceptors (Lipinski definition) is 2. The van der Waals surface area contributed by atoms with Crippen LogP contribution in [-0.4, -0.2) is 17.5 Å². The van der Waals surface area contributed by atoms with Crippen molar-refractivity contribution in [2.24, 2.45) is 5.41 Å². The first-order valence-corrected chi connectivity index (χ1v) is 7.32. The van der Waals surface area contributed by atoms with Crippen molar-refractivity contribution in [1.82, 2.24) is 0 Å². The van der Waals surface area contributed by atoms with E-state index in [4.69, 9.17) is 11.6 Å². The quantitative estimate of drug-likeness (QED) is 0.856. The van der Waals surface area contributed by atoms with E-state index in [2.05, 4.69) is 19.2 Å². The number of rotatable bonds is 2. The van der Waals surface area contributed by atoms with E-state index in [1.54, 1.807) is 12.1 Å². The molecule has 1 heterocycles. The molecule has 1 N–H and O–H groups in total. The number of hydrogen-bond donors (Lipinski definition) is 1. The van der Waals surface area contributed by atoms with E-state index >= 15 is 0 Å². The predicted octanol–water partition coefficient (Wildman–Crippen LogP) is 4.42. The van der Waals surface area contributed by atoms with Crippen LogP contribution >= 0.6 is 23.4 Å². The smallest absolute Gasteiger partial charge is 0.141 e. The summed E-state index contributed by atoms with van der Waals surface area (Å²) in [6.45, 7) is 4.55. The molecule has 0 saturated carbocycles. The average Bonchev–Trinajstić information content (AvgIpc) is 2.26. The highest BCUT2D eigenvalue weighted by atomic mass is 35.5. The van der Waals surface area contributed by atoms with Crippen LogP contribution in [0.25, 0.3) is 0 Å². The Morgan fingerprint density at radius 3 is 2.88 bits per heavy atom. The molecule has 0 amide bonds. The van der Waals surface area contributed by atoms with E-state index in [1.165, 1.54) is 18.2 Å². The molecule has 1 aliphatic heterocycles. The summed E-state index contributed by atoms with van der Waals surface area (Å²) in [5.74, 6) is 1.94. The Labute approximate surface area is 111 Å². The van der Waals surface area contributed by atoms with Crippen molar-refractivity contribution in [3.63, 3.8) is 0 Å². The van der Waals surface area contributed by atoms with E-state index in [1.807, 2.05) is 11.8 Å². The molecule has 4 heteroatoms. The third kappa shape index (κ3) is 3.08. The molecule has 1 nitrogen and oxygen atoms in total. The Kier molecular flexibility index (Phi) is 3.88. The van der Waals surface area contributed by atoms with Crippen molar-refractivity contribution in [2.45, 2.75) is 26.3 Å². The van der Waals surface area contributed by atoms with Gasteiger partial charge in [0, 0.05) is 17.5 Å². The van der Waals surface area contributed by atoms with Crippen molar-refractivity contribution in [3.05, 3.63) is 29.0 Å². The van der Waals surface area contributed by atoms with Crippen LogP contribution in [0.2, 0.25) is 5.02 Å². The van der Waals surface area contributed by atoms with Crippen LogP contribution in [-0.2, 0) is 0 Å². The summed E-state index contributed by atoms with van der Waals surface area (Å²) >= 11 is 7.74. The van der Waals surface area contributed by atoms with Crippen LogP contribution in [0.3, 0.4) is 0 Å². The molecular weight excluding hydrogens is 257 g/mol. The van der Waals surface area contributed by atoms with Gasteiger partial charge in [0.25, 0.3) is 0 Å². The first kappa shape index (κ1) is 13.0. The second-order valence-electron chi connectivity index (χ2n) is 5.14. The molecule has 1 aromatic carbocycles. The fourth-order valence-corrected chi connectivity index (χ4v) is 3.75. The maximum atomic E-state index is 13.1. The Morgan fingerprint density at radius 2 is 2.24 bits per heavy atom. The minimum atomic E-state index is -0.366. The van der Waals surface area contributed by atoms with Gasteiger partial charge in [-0.25, -0.2) is 4.39 Å². The molecule has 1 unspecified atom stereocenters. The molecule has 1 saturated heterocycles. The van der Waals surface area contributed by atoms with E-state index < -0.39 is 0 Å². The van der Waals surface area contributed by atoms with E-state index in [-0.39, 0.29) is 16.3 Å². The summed E-state index contributed by atoms with van der Waals surface area (Å²) in [5.41, 5.74) is 1.17. The Balaban J connectivity index is 2.11. The molecule has 17 heavy (non-hydrogen) atoms. The first-order chi connectivity index (χ1) is 7.99. The lowest BCUT2D eigenvalue weighted by atomic mass is 9.82. The highest BCUT2D eigenvalue weighted by Crippen LogP contribution is 2.36. The van der Waals surface area contributed by atoms with Crippen LogP contribution in [0.1, 0.15) is 20.3 Å². The van der Waals surface area contributed by atoms with Crippen molar-refractivity contribution in [1.29, 1.82) is 0 Å². The third-order valence-electron chi connectivity index (χ3n) is 3.38. The van der Waals surface area contributed by atoms with Gasteiger partial charge in [0.05, 0.1) is 5.02 Å². The molecule has 1 fully saturated rings. The maximum Gasteiger partial charge on any atom is 0.141 e. The maximum absolute atomic E-state index is 13.1. The zero-order valence-electron chi connectivity index (χ0n) is 10.1. The molecule has 1 aliphatic rings. The first-order valence-electron chi connectivity index (χ1n) is 5.78. The van der Waals surface area contributed by atoms with Crippen LogP contribution < -0.4 is 5.32 Å². The number of halogens is 2. The molecule has 0 aliphatic carbocycles. The average molecular weight is 274 g/mol. The van der Waals surface area contributed by atoms with Gasteiger partial charge in [-0.1, -0.05) is 25.4 Å². The summed E-state index contributed by atoms with van der Waals surface area (Å²) < 4.78 is 13.1. The highest BCUT2D eigenvalue weighted by Gasteiger charge is 2.32. The van der Waals surface area contributed by atoms with Gasteiger partial charge in [-0.3, -0.25) is 0 Å². The largest absolute Gasteiger partial charge is 0.381 e. The lowest BCUT2D eigenvalue weighted by Gasteiger charge is -2.39. The fraction of sp³-hybridized carbons (Fsp3) is 0.538. The molecule has 94 valence electrons. The van der Waals surface area contributed by atoms with Gasteiger partial charge in [-0.15, -0.1) is 0 Å². The molecule has 0 radical (unpaired) electrons.